The number of aromatic nitrogens is 2. The summed E-state index contributed by atoms with van der Waals surface area (Å²) in [6, 6.07) is 10.5. The van der Waals surface area contributed by atoms with Crippen LogP contribution in [0, 0.1) is 18.6 Å². The monoisotopic (exact) mass is 405 g/mol. The van der Waals surface area contributed by atoms with Gasteiger partial charge in [-0.1, -0.05) is 17.7 Å². The molecule has 138 valence electrons. The van der Waals surface area contributed by atoms with Gasteiger partial charge in [0.05, 0.1) is 22.4 Å². The van der Waals surface area contributed by atoms with Gasteiger partial charge in [0.15, 0.2) is 0 Å². The van der Waals surface area contributed by atoms with Crippen molar-refractivity contribution in [1.29, 1.82) is 0 Å². The number of thioether (sulfide) groups is 1. The van der Waals surface area contributed by atoms with Crippen LogP contribution in [0.4, 0.5) is 14.6 Å². The lowest BCUT2D eigenvalue weighted by Crippen LogP contribution is -2.15. The predicted molar refractivity (Wildman–Crippen MR) is 103 cm³/mol. The standard InChI is InChI=1S/C19H14ClF2N3OS/c1-10-17-18(14-7-4-12(21)8-15(14)22)27-9-16(26)23-19(17)25(24-10)13-5-2-11(20)3-6-13/h2-8,18H,9H2,1H3,(H,23,26). The fourth-order valence-corrected chi connectivity index (χ4v) is 4.45. The number of aryl methyl sites for hydroxylation is 1. The van der Waals surface area contributed by atoms with E-state index in [1.165, 1.54) is 23.9 Å². The zero-order valence-electron chi connectivity index (χ0n) is 14.2. The molecule has 27 heavy (non-hydrogen) atoms. The maximum atomic E-state index is 14.5. The number of nitrogens with zero attached hydrogens (tertiary/aromatic N) is 2. The molecule has 1 unspecified atom stereocenters. The van der Waals surface area contributed by atoms with Crippen LogP contribution in [0.1, 0.15) is 22.1 Å². The highest BCUT2D eigenvalue weighted by Gasteiger charge is 2.32. The van der Waals surface area contributed by atoms with Gasteiger partial charge in [-0.05, 0) is 37.3 Å². The number of hydrogen-bond acceptors (Lipinski definition) is 3. The summed E-state index contributed by atoms with van der Waals surface area (Å²) in [6.45, 7) is 1.80. The first-order valence-corrected chi connectivity index (χ1v) is 9.58. The predicted octanol–water partition coefficient (Wildman–Crippen LogP) is 4.89. The summed E-state index contributed by atoms with van der Waals surface area (Å²) >= 11 is 7.24. The second kappa shape index (κ2) is 6.98. The zero-order chi connectivity index (χ0) is 19.1. The largest absolute Gasteiger partial charge is 0.310 e. The van der Waals surface area contributed by atoms with E-state index in [2.05, 4.69) is 10.4 Å². The van der Waals surface area contributed by atoms with E-state index >= 15 is 0 Å². The van der Waals surface area contributed by atoms with Crippen molar-refractivity contribution < 1.29 is 13.6 Å². The molecule has 2 aromatic carbocycles. The summed E-state index contributed by atoms with van der Waals surface area (Å²) in [5.74, 6) is -0.861. The van der Waals surface area contributed by atoms with E-state index in [1.807, 2.05) is 0 Å². The van der Waals surface area contributed by atoms with Crippen LogP contribution in [0.3, 0.4) is 0 Å². The molecule has 0 saturated carbocycles. The third-order valence-electron chi connectivity index (χ3n) is 4.32. The third kappa shape index (κ3) is 3.33. The molecule has 0 spiro atoms. The number of nitrogens with one attached hydrogen (secondary N) is 1. The molecule has 4 nitrogen and oxygen atoms in total. The second-order valence-corrected chi connectivity index (χ2v) is 7.67. The lowest BCUT2D eigenvalue weighted by molar-refractivity contribution is -0.113. The maximum absolute atomic E-state index is 14.5. The van der Waals surface area contributed by atoms with Gasteiger partial charge in [-0.2, -0.15) is 5.10 Å². The molecule has 0 saturated heterocycles. The molecule has 4 rings (SSSR count). The Hall–Kier alpha value is -2.38. The summed E-state index contributed by atoms with van der Waals surface area (Å²) in [4.78, 5) is 12.3. The van der Waals surface area contributed by atoms with Crippen LogP contribution >= 0.6 is 23.4 Å². The average molecular weight is 406 g/mol. The first-order chi connectivity index (χ1) is 12.9. The first kappa shape index (κ1) is 18.0. The molecular formula is C19H14ClF2N3OS. The minimum absolute atomic E-state index is 0.149. The molecule has 1 aromatic heterocycles. The van der Waals surface area contributed by atoms with E-state index < -0.39 is 16.9 Å². The molecule has 1 amide bonds. The Bertz CT molecular complexity index is 1040. The molecule has 2 heterocycles. The van der Waals surface area contributed by atoms with E-state index in [-0.39, 0.29) is 11.7 Å². The molecule has 0 bridgehead atoms. The summed E-state index contributed by atoms with van der Waals surface area (Å²) in [7, 11) is 0. The minimum atomic E-state index is -0.647. The van der Waals surface area contributed by atoms with E-state index in [4.69, 9.17) is 11.6 Å². The highest BCUT2D eigenvalue weighted by Crippen LogP contribution is 2.44. The van der Waals surface area contributed by atoms with Gasteiger partial charge in [0.1, 0.15) is 17.5 Å². The quantitative estimate of drug-likeness (QED) is 0.660. The van der Waals surface area contributed by atoms with Gasteiger partial charge < -0.3 is 5.32 Å². The van der Waals surface area contributed by atoms with Crippen molar-refractivity contribution in [1.82, 2.24) is 9.78 Å². The average Bonchev–Trinajstić information content (AvgIpc) is 2.83. The van der Waals surface area contributed by atoms with E-state index in [0.717, 1.165) is 6.07 Å². The Balaban J connectivity index is 1.90. The highest BCUT2D eigenvalue weighted by molar-refractivity contribution is 8.00. The van der Waals surface area contributed by atoms with Gasteiger partial charge in [0.2, 0.25) is 5.91 Å². The Morgan fingerprint density at radius 1 is 1.22 bits per heavy atom. The number of carbonyl (C=O) groups excluding carboxylic acids is 1. The van der Waals surface area contributed by atoms with Crippen molar-refractivity contribution in [3.05, 3.63) is 75.9 Å². The number of benzene rings is 2. The maximum Gasteiger partial charge on any atom is 0.235 e. The van der Waals surface area contributed by atoms with Crippen molar-refractivity contribution in [2.75, 3.05) is 11.1 Å². The van der Waals surface area contributed by atoms with Gasteiger partial charge in [-0.25, -0.2) is 13.5 Å². The summed E-state index contributed by atoms with van der Waals surface area (Å²) in [6.07, 6.45) is 0. The molecule has 1 N–H and O–H groups in total. The number of amides is 1. The van der Waals surface area contributed by atoms with E-state index in [0.29, 0.717) is 33.3 Å². The summed E-state index contributed by atoms with van der Waals surface area (Å²) < 4.78 is 29.4. The van der Waals surface area contributed by atoms with Crippen LogP contribution in [0.5, 0.6) is 0 Å². The molecule has 3 aromatic rings. The van der Waals surface area contributed by atoms with Crippen molar-refractivity contribution in [3.8, 4) is 5.69 Å². The number of halogens is 3. The van der Waals surface area contributed by atoms with Crippen molar-refractivity contribution >= 4 is 35.1 Å². The van der Waals surface area contributed by atoms with Crippen molar-refractivity contribution in [2.24, 2.45) is 0 Å². The topological polar surface area (TPSA) is 46.9 Å². The lowest BCUT2D eigenvalue weighted by Gasteiger charge is -2.16. The van der Waals surface area contributed by atoms with E-state index in [1.54, 1.807) is 35.9 Å². The third-order valence-corrected chi connectivity index (χ3v) is 5.83. The Kier molecular flexibility index (Phi) is 4.65. The molecule has 1 aliphatic heterocycles. The van der Waals surface area contributed by atoms with Crippen LogP contribution in [-0.4, -0.2) is 21.4 Å². The Labute approximate surface area is 163 Å². The van der Waals surface area contributed by atoms with Crippen LogP contribution in [0.25, 0.3) is 5.69 Å². The van der Waals surface area contributed by atoms with Crippen LogP contribution < -0.4 is 5.32 Å². The summed E-state index contributed by atoms with van der Waals surface area (Å²) in [5, 5.41) is 7.50. The fourth-order valence-electron chi connectivity index (χ4n) is 3.11. The second-order valence-electron chi connectivity index (χ2n) is 6.14. The molecule has 8 heteroatoms. The van der Waals surface area contributed by atoms with Gasteiger partial charge in [-0.15, -0.1) is 11.8 Å². The SMILES string of the molecule is Cc1nn(-c2ccc(Cl)cc2)c2c1C(c1ccc(F)cc1F)SCC(=O)N2. The van der Waals surface area contributed by atoms with Crippen LogP contribution in [0.2, 0.25) is 5.02 Å². The fraction of sp³-hybridized carbons (Fsp3) is 0.158. The number of anilines is 1. The van der Waals surface area contributed by atoms with E-state index in [9.17, 15) is 13.6 Å². The minimum Gasteiger partial charge on any atom is -0.310 e. The van der Waals surface area contributed by atoms with Crippen molar-refractivity contribution in [2.45, 2.75) is 12.2 Å². The summed E-state index contributed by atoms with van der Waals surface area (Å²) in [5.41, 5.74) is 2.39. The first-order valence-electron chi connectivity index (χ1n) is 8.16. The molecule has 1 atom stereocenters. The Morgan fingerprint density at radius 2 is 1.96 bits per heavy atom. The molecule has 0 fully saturated rings. The normalized spacial score (nSPS) is 16.6. The molecule has 0 radical (unpaired) electrons. The highest BCUT2D eigenvalue weighted by atomic mass is 35.5. The van der Waals surface area contributed by atoms with Gasteiger partial charge in [0, 0.05) is 22.2 Å². The van der Waals surface area contributed by atoms with Crippen molar-refractivity contribution in [3.63, 3.8) is 0 Å². The van der Waals surface area contributed by atoms with Gasteiger partial charge in [0.25, 0.3) is 0 Å². The van der Waals surface area contributed by atoms with Crippen LogP contribution in [-0.2, 0) is 4.79 Å². The smallest absolute Gasteiger partial charge is 0.235 e. The number of carbonyl (C=O) groups is 1. The number of rotatable bonds is 2. The molecule has 1 aliphatic rings. The molecule has 0 aliphatic carbocycles. The lowest BCUT2D eigenvalue weighted by atomic mass is 10.0. The zero-order valence-corrected chi connectivity index (χ0v) is 15.7. The number of hydrogen-bond donors (Lipinski definition) is 1. The van der Waals surface area contributed by atoms with Gasteiger partial charge in [-0.3, -0.25) is 4.79 Å². The van der Waals surface area contributed by atoms with Gasteiger partial charge >= 0.3 is 0 Å². The van der Waals surface area contributed by atoms with Crippen LogP contribution in [0.15, 0.2) is 42.5 Å². The number of fused-ring (bicyclic) bond motifs is 1. The molecular weight excluding hydrogens is 392 g/mol. The Morgan fingerprint density at radius 3 is 2.67 bits per heavy atom.